The zero-order valence-electron chi connectivity index (χ0n) is 18.9. The smallest absolute Gasteiger partial charge is 0.234 e. The number of anilines is 1. The number of halogens is 1. The summed E-state index contributed by atoms with van der Waals surface area (Å²) < 4.78 is 6.91. The van der Waals surface area contributed by atoms with Crippen LogP contribution in [0, 0.1) is 6.92 Å². The maximum absolute atomic E-state index is 12.4. The van der Waals surface area contributed by atoms with Crippen molar-refractivity contribution in [3.8, 4) is 5.75 Å². The third-order valence-electron chi connectivity index (χ3n) is 4.96. The zero-order valence-corrected chi connectivity index (χ0v) is 20.5. The van der Waals surface area contributed by atoms with Crippen molar-refractivity contribution in [3.63, 3.8) is 0 Å². The molecule has 174 valence electrons. The summed E-state index contributed by atoms with van der Waals surface area (Å²) in [6.45, 7) is 3.75. The highest BCUT2D eigenvalue weighted by Gasteiger charge is 2.18. The van der Waals surface area contributed by atoms with E-state index in [4.69, 9.17) is 16.3 Å². The molecule has 3 aromatic rings. The van der Waals surface area contributed by atoms with E-state index in [2.05, 4.69) is 20.8 Å². The van der Waals surface area contributed by atoms with Crippen LogP contribution in [0.15, 0.2) is 47.6 Å². The lowest BCUT2D eigenvalue weighted by Crippen LogP contribution is -2.29. The first kappa shape index (κ1) is 24.6. The average Bonchev–Trinajstić information content (AvgIpc) is 3.15. The number of ether oxygens (including phenoxy) is 1. The lowest BCUT2D eigenvalue weighted by molar-refractivity contribution is -0.121. The number of benzene rings is 2. The molecule has 0 saturated heterocycles. The molecule has 1 atom stereocenters. The molecule has 0 spiro atoms. The van der Waals surface area contributed by atoms with Crippen LogP contribution in [0.2, 0.25) is 5.02 Å². The fraction of sp³-hybridized carbons (Fsp3) is 0.304. The number of aryl methyl sites for hydroxylation is 1. The van der Waals surface area contributed by atoms with Gasteiger partial charge in [0.05, 0.1) is 25.3 Å². The van der Waals surface area contributed by atoms with Gasteiger partial charge in [-0.25, -0.2) is 0 Å². The second kappa shape index (κ2) is 11.2. The Morgan fingerprint density at radius 1 is 1.15 bits per heavy atom. The number of nitrogens with zero attached hydrogens (tertiary/aromatic N) is 3. The molecular weight excluding hydrogens is 462 g/mol. The quantitative estimate of drug-likeness (QED) is 0.444. The van der Waals surface area contributed by atoms with Crippen molar-refractivity contribution >= 4 is 40.9 Å². The molecule has 0 radical (unpaired) electrons. The summed E-state index contributed by atoms with van der Waals surface area (Å²) in [5, 5.41) is 15.3. The number of nitrogens with one attached hydrogen (secondary N) is 2. The van der Waals surface area contributed by atoms with E-state index in [0.29, 0.717) is 21.7 Å². The Morgan fingerprint density at radius 3 is 2.58 bits per heavy atom. The molecule has 10 heteroatoms. The fourth-order valence-corrected chi connectivity index (χ4v) is 4.05. The number of hydrogen-bond donors (Lipinski definition) is 2. The highest BCUT2D eigenvalue weighted by atomic mass is 35.5. The first-order valence-electron chi connectivity index (χ1n) is 10.3. The van der Waals surface area contributed by atoms with Gasteiger partial charge in [0.25, 0.3) is 0 Å². The van der Waals surface area contributed by atoms with Gasteiger partial charge in [0.2, 0.25) is 11.8 Å². The van der Waals surface area contributed by atoms with E-state index in [1.54, 1.807) is 23.8 Å². The first-order chi connectivity index (χ1) is 15.8. The predicted molar refractivity (Wildman–Crippen MR) is 130 cm³/mol. The fourth-order valence-electron chi connectivity index (χ4n) is 3.16. The van der Waals surface area contributed by atoms with Crippen LogP contribution in [0.3, 0.4) is 0 Å². The number of carbonyl (C=O) groups excluding carboxylic acids is 2. The molecule has 2 amide bonds. The highest BCUT2D eigenvalue weighted by Crippen LogP contribution is 2.22. The summed E-state index contributed by atoms with van der Waals surface area (Å²) in [4.78, 5) is 24.8. The SMILES string of the molecule is COc1ccc(CC(=O)N[C@H](C)c2nnc(SCC(=O)Nc3cc(Cl)ccc3C)n2C)cc1. The zero-order chi connectivity index (χ0) is 24.0. The predicted octanol–water partition coefficient (Wildman–Crippen LogP) is 3.94. The number of carbonyl (C=O) groups is 2. The van der Waals surface area contributed by atoms with Crippen LogP contribution in [0.25, 0.3) is 0 Å². The van der Waals surface area contributed by atoms with Gasteiger partial charge < -0.3 is 19.9 Å². The summed E-state index contributed by atoms with van der Waals surface area (Å²) in [5.41, 5.74) is 2.49. The van der Waals surface area contributed by atoms with E-state index < -0.39 is 0 Å². The summed E-state index contributed by atoms with van der Waals surface area (Å²) in [6.07, 6.45) is 0.247. The van der Waals surface area contributed by atoms with Crippen molar-refractivity contribution in [1.82, 2.24) is 20.1 Å². The third-order valence-corrected chi connectivity index (χ3v) is 6.22. The third kappa shape index (κ3) is 6.72. The Morgan fingerprint density at radius 2 is 1.88 bits per heavy atom. The summed E-state index contributed by atoms with van der Waals surface area (Å²) in [6, 6.07) is 12.4. The Hall–Kier alpha value is -3.04. The maximum Gasteiger partial charge on any atom is 0.234 e. The Balaban J connectivity index is 1.53. The molecule has 0 fully saturated rings. The Kier molecular flexibility index (Phi) is 8.35. The molecule has 0 aliphatic heterocycles. The lowest BCUT2D eigenvalue weighted by atomic mass is 10.1. The minimum Gasteiger partial charge on any atom is -0.497 e. The van der Waals surface area contributed by atoms with Crippen LogP contribution >= 0.6 is 23.4 Å². The average molecular weight is 488 g/mol. The van der Waals surface area contributed by atoms with E-state index in [1.807, 2.05) is 51.2 Å². The maximum atomic E-state index is 12.4. The van der Waals surface area contributed by atoms with Gasteiger partial charge >= 0.3 is 0 Å². The van der Waals surface area contributed by atoms with Gasteiger partial charge in [-0.2, -0.15) is 0 Å². The molecule has 1 aromatic heterocycles. The normalized spacial score (nSPS) is 11.7. The monoisotopic (exact) mass is 487 g/mol. The number of thioether (sulfide) groups is 1. The molecule has 8 nitrogen and oxygen atoms in total. The molecule has 0 aliphatic carbocycles. The van der Waals surface area contributed by atoms with Crippen LogP contribution in [0.1, 0.15) is 29.9 Å². The number of amides is 2. The topological polar surface area (TPSA) is 98.1 Å². The van der Waals surface area contributed by atoms with Crippen molar-refractivity contribution in [3.05, 3.63) is 64.4 Å². The second-order valence-electron chi connectivity index (χ2n) is 7.51. The molecule has 2 N–H and O–H groups in total. The molecule has 0 unspecified atom stereocenters. The van der Waals surface area contributed by atoms with E-state index in [1.165, 1.54) is 11.8 Å². The minimum atomic E-state index is -0.342. The lowest BCUT2D eigenvalue weighted by Gasteiger charge is -2.14. The van der Waals surface area contributed by atoms with Crippen LogP contribution in [0.5, 0.6) is 5.75 Å². The number of methoxy groups -OCH3 is 1. The number of rotatable bonds is 9. The standard InChI is InChI=1S/C23H26ClN5O3S/c1-14-5-8-17(24)12-19(14)26-21(31)13-33-23-28-27-22(29(23)3)15(2)25-20(30)11-16-6-9-18(32-4)10-7-16/h5-10,12,15H,11,13H2,1-4H3,(H,25,30)(H,26,31)/t15-/m1/s1. The van der Waals surface area contributed by atoms with Crippen LogP contribution in [-0.2, 0) is 23.1 Å². The van der Waals surface area contributed by atoms with Crippen LogP contribution in [0.4, 0.5) is 5.69 Å². The van der Waals surface area contributed by atoms with Gasteiger partial charge in [-0.1, -0.05) is 41.6 Å². The van der Waals surface area contributed by atoms with Gasteiger partial charge in [0.1, 0.15) is 5.75 Å². The summed E-state index contributed by atoms with van der Waals surface area (Å²) in [7, 11) is 3.41. The van der Waals surface area contributed by atoms with Crippen molar-refractivity contribution < 1.29 is 14.3 Å². The van der Waals surface area contributed by atoms with E-state index in [9.17, 15) is 9.59 Å². The van der Waals surface area contributed by atoms with E-state index in [0.717, 1.165) is 16.9 Å². The van der Waals surface area contributed by atoms with Gasteiger partial charge in [-0.3, -0.25) is 9.59 Å². The largest absolute Gasteiger partial charge is 0.497 e. The van der Waals surface area contributed by atoms with Crippen molar-refractivity contribution in [1.29, 1.82) is 0 Å². The highest BCUT2D eigenvalue weighted by molar-refractivity contribution is 7.99. The molecular formula is C23H26ClN5O3S. The van der Waals surface area contributed by atoms with E-state index >= 15 is 0 Å². The molecule has 33 heavy (non-hydrogen) atoms. The number of hydrogen-bond acceptors (Lipinski definition) is 6. The molecule has 3 rings (SSSR count). The summed E-state index contributed by atoms with van der Waals surface area (Å²) >= 11 is 7.27. The second-order valence-corrected chi connectivity index (χ2v) is 8.89. The molecule has 1 heterocycles. The Labute approximate surface area is 202 Å². The number of aromatic nitrogens is 3. The van der Waals surface area contributed by atoms with Crippen LogP contribution in [-0.4, -0.2) is 39.4 Å². The first-order valence-corrected chi connectivity index (χ1v) is 11.6. The van der Waals surface area contributed by atoms with E-state index in [-0.39, 0.29) is 30.0 Å². The van der Waals surface area contributed by atoms with Crippen molar-refractivity contribution in [2.75, 3.05) is 18.2 Å². The van der Waals surface area contributed by atoms with Crippen LogP contribution < -0.4 is 15.4 Å². The van der Waals surface area contributed by atoms with Crippen molar-refractivity contribution in [2.24, 2.45) is 7.05 Å². The van der Waals surface area contributed by atoms with Gasteiger partial charge in [-0.05, 0) is 49.2 Å². The van der Waals surface area contributed by atoms with Crippen molar-refractivity contribution in [2.45, 2.75) is 31.5 Å². The van der Waals surface area contributed by atoms with Gasteiger partial charge in [-0.15, -0.1) is 10.2 Å². The minimum absolute atomic E-state index is 0.124. The molecule has 0 aliphatic rings. The summed E-state index contributed by atoms with van der Waals surface area (Å²) in [5.74, 6) is 1.22. The Bertz CT molecular complexity index is 1130. The molecule has 0 saturated carbocycles. The molecule has 0 bridgehead atoms. The van der Waals surface area contributed by atoms with Gasteiger partial charge in [0.15, 0.2) is 11.0 Å². The van der Waals surface area contributed by atoms with Gasteiger partial charge in [0, 0.05) is 17.8 Å². The molecule has 2 aromatic carbocycles.